The lowest BCUT2D eigenvalue weighted by atomic mass is 9.87. The van der Waals surface area contributed by atoms with Crippen LogP contribution in [0.3, 0.4) is 0 Å². The molecule has 130 valence electrons. The van der Waals surface area contributed by atoms with Gasteiger partial charge in [-0.2, -0.15) is 0 Å². The van der Waals surface area contributed by atoms with Crippen molar-refractivity contribution in [2.24, 2.45) is 5.92 Å². The number of rotatable bonds is 3. The molecule has 1 saturated carbocycles. The maximum Gasteiger partial charge on any atom is 0.314 e. The van der Waals surface area contributed by atoms with E-state index in [0.717, 1.165) is 25.7 Å². The highest BCUT2D eigenvalue weighted by Gasteiger charge is 2.27. The summed E-state index contributed by atoms with van der Waals surface area (Å²) in [7, 11) is -3.70. The van der Waals surface area contributed by atoms with Gasteiger partial charge in [0.25, 0.3) is 0 Å². The van der Waals surface area contributed by atoms with E-state index in [9.17, 15) is 18.0 Å². The highest BCUT2D eigenvalue weighted by Crippen LogP contribution is 2.26. The van der Waals surface area contributed by atoms with E-state index >= 15 is 0 Å². The molecule has 0 radical (unpaired) electrons. The molecular weight excluding hydrogens is 330 g/mol. The summed E-state index contributed by atoms with van der Waals surface area (Å²) in [5.74, 6) is 0.297. The predicted octanol–water partition coefficient (Wildman–Crippen LogP) is 1.38. The second kappa shape index (κ2) is 6.18. The first-order chi connectivity index (χ1) is 11.3. The van der Waals surface area contributed by atoms with Crippen molar-refractivity contribution in [3.05, 3.63) is 38.4 Å². The largest absolute Gasteiger partial charge is 0.316 e. The molecule has 1 aromatic heterocycles. The van der Waals surface area contributed by atoms with Gasteiger partial charge in [0.2, 0.25) is 10.0 Å². The molecule has 3 N–H and O–H groups in total. The molecule has 0 amide bonds. The summed E-state index contributed by atoms with van der Waals surface area (Å²) in [5.41, 5.74) is -0.347. The van der Waals surface area contributed by atoms with E-state index in [1.807, 2.05) is 0 Å². The van der Waals surface area contributed by atoms with Crippen LogP contribution >= 0.6 is 0 Å². The third-order valence-electron chi connectivity index (χ3n) is 4.73. The standard InChI is InChI=1S/C16H21N3O4S/c1-9-5-3-4-6-11(9)19-24(22,23)14-8-13-12(7-10(14)2)17-15(20)16(21)18-13/h7-9,11,19H,3-6H2,1-2H3,(H,17,20)(H,18,21)/t9-,11+/m0/s1. The van der Waals surface area contributed by atoms with E-state index in [1.54, 1.807) is 13.0 Å². The number of nitrogens with one attached hydrogen (secondary N) is 3. The molecule has 1 aliphatic rings. The van der Waals surface area contributed by atoms with Gasteiger partial charge in [-0.1, -0.05) is 19.8 Å². The lowest BCUT2D eigenvalue weighted by Crippen LogP contribution is -2.41. The second-order valence-electron chi connectivity index (χ2n) is 6.56. The molecule has 1 fully saturated rings. The van der Waals surface area contributed by atoms with Crippen LogP contribution in [-0.2, 0) is 10.0 Å². The summed E-state index contributed by atoms with van der Waals surface area (Å²) >= 11 is 0. The minimum Gasteiger partial charge on any atom is -0.316 e. The van der Waals surface area contributed by atoms with Crippen LogP contribution in [0.2, 0.25) is 0 Å². The summed E-state index contributed by atoms with van der Waals surface area (Å²) in [6, 6.07) is 2.89. The van der Waals surface area contributed by atoms with Gasteiger partial charge in [-0.05, 0) is 43.4 Å². The Bertz CT molecular complexity index is 991. The third kappa shape index (κ3) is 3.16. The average Bonchev–Trinajstić information content (AvgIpc) is 2.50. The summed E-state index contributed by atoms with van der Waals surface area (Å²) in [6.07, 6.45) is 3.99. The molecule has 2 atom stereocenters. The van der Waals surface area contributed by atoms with E-state index in [1.165, 1.54) is 6.07 Å². The molecule has 1 aliphatic carbocycles. The van der Waals surface area contributed by atoms with Crippen molar-refractivity contribution in [1.29, 1.82) is 0 Å². The molecule has 0 bridgehead atoms. The van der Waals surface area contributed by atoms with Crippen LogP contribution in [0, 0.1) is 12.8 Å². The number of H-pyrrole nitrogens is 2. The van der Waals surface area contributed by atoms with Crippen molar-refractivity contribution < 1.29 is 8.42 Å². The first-order valence-electron chi connectivity index (χ1n) is 8.07. The van der Waals surface area contributed by atoms with E-state index in [-0.39, 0.29) is 10.9 Å². The number of aromatic nitrogens is 2. The van der Waals surface area contributed by atoms with Gasteiger partial charge in [-0.25, -0.2) is 13.1 Å². The van der Waals surface area contributed by atoms with Gasteiger partial charge in [0.05, 0.1) is 15.9 Å². The van der Waals surface area contributed by atoms with Crippen LogP contribution in [0.4, 0.5) is 0 Å². The van der Waals surface area contributed by atoms with E-state index < -0.39 is 21.1 Å². The number of aromatic amines is 2. The molecule has 1 aromatic carbocycles. The number of benzene rings is 1. The quantitative estimate of drug-likeness (QED) is 0.725. The Labute approximate surface area is 139 Å². The van der Waals surface area contributed by atoms with Crippen LogP contribution in [0.15, 0.2) is 26.6 Å². The average molecular weight is 351 g/mol. The Morgan fingerprint density at radius 1 is 1.04 bits per heavy atom. The van der Waals surface area contributed by atoms with Crippen LogP contribution in [0.25, 0.3) is 11.0 Å². The van der Waals surface area contributed by atoms with Crippen LogP contribution in [-0.4, -0.2) is 24.4 Å². The fraction of sp³-hybridized carbons (Fsp3) is 0.500. The summed E-state index contributed by atoms with van der Waals surface area (Å²) in [6.45, 7) is 3.73. The predicted molar refractivity (Wildman–Crippen MR) is 91.7 cm³/mol. The molecular formula is C16H21N3O4S. The summed E-state index contributed by atoms with van der Waals surface area (Å²) in [4.78, 5) is 27.9. The normalized spacial score (nSPS) is 21.9. The van der Waals surface area contributed by atoms with E-state index in [2.05, 4.69) is 21.6 Å². The molecule has 0 saturated heterocycles. The molecule has 0 spiro atoms. The maximum atomic E-state index is 12.8. The summed E-state index contributed by atoms with van der Waals surface area (Å²) in [5, 5.41) is 0. The van der Waals surface area contributed by atoms with E-state index in [4.69, 9.17) is 0 Å². The number of fused-ring (bicyclic) bond motifs is 1. The minimum atomic E-state index is -3.70. The lowest BCUT2D eigenvalue weighted by Gasteiger charge is -2.29. The van der Waals surface area contributed by atoms with Gasteiger partial charge in [0.1, 0.15) is 0 Å². The molecule has 0 unspecified atom stereocenters. The first-order valence-corrected chi connectivity index (χ1v) is 9.55. The Hall–Kier alpha value is -1.93. The number of hydrogen-bond acceptors (Lipinski definition) is 4. The van der Waals surface area contributed by atoms with Gasteiger partial charge in [0, 0.05) is 6.04 Å². The molecule has 0 aliphatic heterocycles. The Morgan fingerprint density at radius 2 is 1.62 bits per heavy atom. The van der Waals surface area contributed by atoms with Crippen LogP contribution in [0.5, 0.6) is 0 Å². The molecule has 8 heteroatoms. The number of sulfonamides is 1. The molecule has 24 heavy (non-hydrogen) atoms. The molecule has 2 aromatic rings. The molecule has 3 rings (SSSR count). The topological polar surface area (TPSA) is 112 Å². The zero-order valence-electron chi connectivity index (χ0n) is 13.7. The summed E-state index contributed by atoms with van der Waals surface area (Å²) < 4.78 is 28.4. The molecule has 1 heterocycles. The van der Waals surface area contributed by atoms with E-state index in [0.29, 0.717) is 22.5 Å². The zero-order valence-corrected chi connectivity index (χ0v) is 14.5. The van der Waals surface area contributed by atoms with Gasteiger partial charge >= 0.3 is 11.1 Å². The first kappa shape index (κ1) is 16.9. The van der Waals surface area contributed by atoms with Crippen molar-refractivity contribution in [1.82, 2.24) is 14.7 Å². The monoisotopic (exact) mass is 351 g/mol. The van der Waals surface area contributed by atoms with Gasteiger partial charge in [0.15, 0.2) is 0 Å². The van der Waals surface area contributed by atoms with Crippen LogP contribution < -0.4 is 15.8 Å². The smallest absolute Gasteiger partial charge is 0.314 e. The van der Waals surface area contributed by atoms with Crippen molar-refractivity contribution in [2.45, 2.75) is 50.5 Å². The fourth-order valence-corrected chi connectivity index (χ4v) is 4.93. The lowest BCUT2D eigenvalue weighted by molar-refractivity contribution is 0.310. The maximum absolute atomic E-state index is 12.8. The molecule has 7 nitrogen and oxygen atoms in total. The SMILES string of the molecule is Cc1cc2[nH]c(=O)c(=O)[nH]c2cc1S(=O)(=O)N[C@@H]1CCCC[C@@H]1C. The van der Waals surface area contributed by atoms with Crippen LogP contribution in [0.1, 0.15) is 38.2 Å². The Kier molecular flexibility index (Phi) is 4.35. The second-order valence-corrected chi connectivity index (χ2v) is 8.24. The minimum absolute atomic E-state index is 0.0755. The van der Waals surface area contributed by atoms with Crippen molar-refractivity contribution in [3.63, 3.8) is 0 Å². The van der Waals surface area contributed by atoms with Gasteiger partial charge in [-0.3, -0.25) is 9.59 Å². The Morgan fingerprint density at radius 3 is 2.25 bits per heavy atom. The van der Waals surface area contributed by atoms with Crippen molar-refractivity contribution in [2.75, 3.05) is 0 Å². The van der Waals surface area contributed by atoms with Crippen molar-refractivity contribution in [3.8, 4) is 0 Å². The highest BCUT2D eigenvalue weighted by atomic mass is 32.2. The van der Waals surface area contributed by atoms with Gasteiger partial charge < -0.3 is 9.97 Å². The van der Waals surface area contributed by atoms with Crippen molar-refractivity contribution >= 4 is 21.1 Å². The zero-order chi connectivity index (χ0) is 17.5. The Balaban J connectivity index is 2.03. The third-order valence-corrected chi connectivity index (χ3v) is 6.36. The highest BCUT2D eigenvalue weighted by molar-refractivity contribution is 7.89. The fourth-order valence-electron chi connectivity index (χ4n) is 3.30. The number of aryl methyl sites for hydroxylation is 1. The number of hydrogen-bond donors (Lipinski definition) is 3. The van der Waals surface area contributed by atoms with Gasteiger partial charge in [-0.15, -0.1) is 0 Å².